The minimum Gasteiger partial charge on any atom is -0.467 e. The largest absolute Gasteiger partial charge is 0.467 e. The number of amides is 2. The molecule has 0 radical (unpaired) electrons. The van der Waals surface area contributed by atoms with Gasteiger partial charge in [0.2, 0.25) is 11.8 Å². The fraction of sp³-hybridized carbons (Fsp3) is 0.444. The summed E-state index contributed by atoms with van der Waals surface area (Å²) in [4.78, 5) is 34.5. The first kappa shape index (κ1) is 29.6. The number of para-hydroxylation sites is 1. The topological polar surface area (TPSA) is 78.3 Å². The van der Waals surface area contributed by atoms with Crippen LogP contribution in [0.3, 0.4) is 0 Å². The molecule has 2 N–H and O–H groups in total. The molecule has 2 aromatic heterocycles. The van der Waals surface area contributed by atoms with E-state index in [1.54, 1.807) is 6.26 Å². The van der Waals surface area contributed by atoms with Crippen molar-refractivity contribution < 1.29 is 14.0 Å². The third-order valence-electron chi connectivity index (χ3n) is 10.1. The van der Waals surface area contributed by atoms with Crippen LogP contribution < -0.4 is 5.32 Å². The number of nitrogens with one attached hydrogen (secondary N) is 2. The van der Waals surface area contributed by atoms with E-state index in [-0.39, 0.29) is 35.6 Å². The summed E-state index contributed by atoms with van der Waals surface area (Å²) in [5, 5.41) is 4.54. The van der Waals surface area contributed by atoms with Crippen molar-refractivity contribution in [3.05, 3.63) is 88.5 Å². The average molecular weight is 598 g/mol. The van der Waals surface area contributed by atoms with Gasteiger partial charge >= 0.3 is 0 Å². The van der Waals surface area contributed by atoms with Gasteiger partial charge in [-0.1, -0.05) is 49.7 Å². The van der Waals surface area contributed by atoms with E-state index in [1.807, 2.05) is 42.6 Å². The Balaban J connectivity index is 1.34. The zero-order chi connectivity index (χ0) is 30.5. The highest BCUT2D eigenvalue weighted by atomic mass is 32.2. The van der Waals surface area contributed by atoms with Gasteiger partial charge in [0, 0.05) is 28.7 Å². The second kappa shape index (κ2) is 11.2. The van der Waals surface area contributed by atoms with Crippen molar-refractivity contribution in [1.29, 1.82) is 0 Å². The van der Waals surface area contributed by atoms with Crippen LogP contribution in [0.5, 0.6) is 0 Å². The minimum absolute atomic E-state index is 0.0221. The van der Waals surface area contributed by atoms with Gasteiger partial charge in [0.15, 0.2) is 0 Å². The number of carbonyl (C=O) groups excluding carboxylic acids is 2. The number of H-pyrrole nitrogens is 1. The highest BCUT2D eigenvalue weighted by Gasteiger charge is 2.60. The molecule has 1 saturated heterocycles. The zero-order valence-electron chi connectivity index (χ0n) is 26.2. The number of nitrogens with zero attached hydrogens (tertiary/aromatic N) is 1. The fourth-order valence-corrected chi connectivity index (χ4v) is 8.84. The molecular formula is C36H43N3O3S. The van der Waals surface area contributed by atoms with Gasteiger partial charge in [0.1, 0.15) is 11.3 Å². The highest BCUT2D eigenvalue weighted by Crippen LogP contribution is 2.67. The zero-order valence-corrected chi connectivity index (χ0v) is 27.0. The van der Waals surface area contributed by atoms with Gasteiger partial charge in [0.25, 0.3) is 0 Å². The summed E-state index contributed by atoms with van der Waals surface area (Å²) in [5.41, 5.74) is 6.72. The summed E-state index contributed by atoms with van der Waals surface area (Å²) in [6.07, 6.45) is 3.25. The molecule has 1 aliphatic heterocycles. The van der Waals surface area contributed by atoms with E-state index in [4.69, 9.17) is 4.42 Å². The van der Waals surface area contributed by atoms with Gasteiger partial charge in [-0.3, -0.25) is 9.59 Å². The number of fused-ring (bicyclic) bond motifs is 1. The molecular weight excluding hydrogens is 554 g/mol. The number of carbonyl (C=O) groups is 2. The Morgan fingerprint density at radius 1 is 1.02 bits per heavy atom. The van der Waals surface area contributed by atoms with E-state index in [0.717, 1.165) is 33.8 Å². The Hall–Kier alpha value is -3.45. The Bertz CT molecular complexity index is 1640. The Kier molecular flexibility index (Phi) is 7.74. The third kappa shape index (κ3) is 5.30. The highest BCUT2D eigenvalue weighted by molar-refractivity contribution is 7.99. The predicted octanol–water partition coefficient (Wildman–Crippen LogP) is 8.06. The molecule has 0 spiro atoms. The summed E-state index contributed by atoms with van der Waals surface area (Å²) < 4.78 is 5.77. The molecule has 43 heavy (non-hydrogen) atoms. The van der Waals surface area contributed by atoms with Crippen molar-refractivity contribution >= 4 is 40.2 Å². The summed E-state index contributed by atoms with van der Waals surface area (Å²) >= 11 is 1.85. The number of aryl methyl sites for hydroxylation is 4. The van der Waals surface area contributed by atoms with Crippen LogP contribution in [0, 0.1) is 39.0 Å². The van der Waals surface area contributed by atoms with Gasteiger partial charge in [0.05, 0.1) is 12.8 Å². The maximum absolute atomic E-state index is 14.6. The molecule has 3 heterocycles. The molecule has 1 aliphatic carbocycles. The van der Waals surface area contributed by atoms with Crippen LogP contribution in [0.2, 0.25) is 0 Å². The quantitative estimate of drug-likeness (QED) is 0.215. The molecule has 0 unspecified atom stereocenters. The lowest BCUT2D eigenvalue weighted by Gasteiger charge is -2.45. The van der Waals surface area contributed by atoms with Gasteiger partial charge in [-0.05, 0) is 104 Å². The fourth-order valence-electron chi connectivity index (χ4n) is 7.67. The van der Waals surface area contributed by atoms with Crippen LogP contribution >= 0.6 is 11.8 Å². The lowest BCUT2D eigenvalue weighted by atomic mass is 9.87. The van der Waals surface area contributed by atoms with Crippen molar-refractivity contribution in [1.82, 2.24) is 9.88 Å². The first-order chi connectivity index (χ1) is 20.5. The molecule has 4 aromatic rings. The normalized spacial score (nSPS) is 20.6. The summed E-state index contributed by atoms with van der Waals surface area (Å²) in [5.74, 6) is 2.72. The maximum atomic E-state index is 14.6. The van der Waals surface area contributed by atoms with Crippen molar-refractivity contribution in [3.63, 3.8) is 0 Å². The van der Waals surface area contributed by atoms with E-state index in [9.17, 15) is 9.59 Å². The summed E-state index contributed by atoms with van der Waals surface area (Å²) in [7, 11) is 0. The number of thioether (sulfide) groups is 1. The number of furan rings is 1. The monoisotopic (exact) mass is 597 g/mol. The first-order valence-electron chi connectivity index (χ1n) is 15.4. The smallest absolute Gasteiger partial charge is 0.250 e. The molecule has 6 nitrogen and oxygen atoms in total. The van der Waals surface area contributed by atoms with Crippen LogP contribution in [0.1, 0.15) is 72.7 Å². The Morgan fingerprint density at radius 3 is 2.40 bits per heavy atom. The molecule has 1 saturated carbocycles. The molecule has 226 valence electrons. The third-order valence-corrected chi connectivity index (χ3v) is 11.1. The van der Waals surface area contributed by atoms with Crippen LogP contribution in [0.4, 0.5) is 5.69 Å². The lowest BCUT2D eigenvalue weighted by molar-refractivity contribution is -0.148. The molecule has 2 amide bonds. The van der Waals surface area contributed by atoms with Crippen LogP contribution in [-0.2, 0) is 16.1 Å². The molecule has 7 heteroatoms. The Morgan fingerprint density at radius 2 is 1.72 bits per heavy atom. The van der Waals surface area contributed by atoms with Crippen molar-refractivity contribution in [2.45, 2.75) is 78.8 Å². The minimum atomic E-state index is -0.954. The second-order valence-electron chi connectivity index (χ2n) is 13.2. The van der Waals surface area contributed by atoms with Gasteiger partial charge in [-0.25, -0.2) is 0 Å². The summed E-state index contributed by atoms with van der Waals surface area (Å²) in [6.45, 7) is 13.1. The Labute approximate surface area is 259 Å². The van der Waals surface area contributed by atoms with Gasteiger partial charge in [-0.15, -0.1) is 0 Å². The standard InChI is InChI=1S/C36H43N3O3S/c1-22-18-23(2)33(24(3)19-22)38-34(41)36(13-16-43-17-14-36)39(21-26-10-9-15-42-26)30(40)20-28-32(35(28,5)6)31-25(4)37-29-12-8-7-11-27(29)31/h7-12,15,18-19,28,32,37H,13-14,16-17,20-21H2,1-6H3,(H,38,41)/t28-,32-/m0/s1. The molecule has 2 aliphatic rings. The van der Waals surface area contributed by atoms with E-state index < -0.39 is 5.54 Å². The van der Waals surface area contributed by atoms with E-state index in [1.165, 1.54) is 22.2 Å². The SMILES string of the molecule is Cc1cc(C)c(NC(=O)C2(N(Cc3ccco3)C(=O)C[C@H]3[C@@H](c4c(C)[nH]c5ccccc45)C3(C)C)CCSCC2)c(C)c1. The first-order valence-corrected chi connectivity index (χ1v) is 16.6. The maximum Gasteiger partial charge on any atom is 0.250 e. The number of aromatic nitrogens is 1. The number of benzene rings is 2. The van der Waals surface area contributed by atoms with Crippen molar-refractivity contribution in [2.75, 3.05) is 16.8 Å². The number of rotatable bonds is 8. The number of hydrogen-bond donors (Lipinski definition) is 2. The molecule has 2 atom stereocenters. The van der Waals surface area contributed by atoms with Gasteiger partial charge < -0.3 is 19.6 Å². The summed E-state index contributed by atoms with van der Waals surface area (Å²) in [6, 6.07) is 16.4. The van der Waals surface area contributed by atoms with E-state index in [2.05, 4.69) is 74.4 Å². The number of hydrogen-bond acceptors (Lipinski definition) is 4. The number of aromatic amines is 1. The van der Waals surface area contributed by atoms with E-state index >= 15 is 0 Å². The molecule has 2 aromatic carbocycles. The van der Waals surface area contributed by atoms with Crippen LogP contribution in [0.25, 0.3) is 10.9 Å². The average Bonchev–Trinajstić information content (AvgIpc) is 3.34. The van der Waals surface area contributed by atoms with Crippen LogP contribution in [-0.4, -0.2) is 38.7 Å². The number of anilines is 1. The van der Waals surface area contributed by atoms with Gasteiger partial charge in [-0.2, -0.15) is 11.8 Å². The second-order valence-corrected chi connectivity index (χ2v) is 14.5. The lowest BCUT2D eigenvalue weighted by Crippen LogP contribution is -2.60. The molecule has 2 fully saturated rings. The molecule has 0 bridgehead atoms. The predicted molar refractivity (Wildman–Crippen MR) is 175 cm³/mol. The van der Waals surface area contributed by atoms with Crippen molar-refractivity contribution in [3.8, 4) is 0 Å². The van der Waals surface area contributed by atoms with Crippen LogP contribution in [0.15, 0.2) is 59.2 Å². The van der Waals surface area contributed by atoms with Crippen molar-refractivity contribution in [2.24, 2.45) is 11.3 Å². The van der Waals surface area contributed by atoms with E-state index in [0.29, 0.717) is 25.0 Å². The molecule has 6 rings (SSSR count).